The minimum atomic E-state index is -2.97. The largest absolute Gasteiger partial charge is 0.389 e. The van der Waals surface area contributed by atoms with E-state index >= 15 is 0 Å². The van der Waals surface area contributed by atoms with E-state index in [4.69, 9.17) is 4.74 Å². The smallest absolute Gasteiger partial charge is 0.148 e. The lowest BCUT2D eigenvalue weighted by Crippen LogP contribution is -2.39. The van der Waals surface area contributed by atoms with Crippen molar-refractivity contribution in [3.05, 3.63) is 0 Å². The lowest BCUT2D eigenvalue weighted by molar-refractivity contribution is 0.00583. The van der Waals surface area contributed by atoms with Crippen LogP contribution < -0.4 is 5.32 Å². The quantitative estimate of drug-likeness (QED) is 0.626. The highest BCUT2D eigenvalue weighted by molar-refractivity contribution is 7.90. The number of hydrogen-bond acceptors (Lipinski definition) is 5. The van der Waals surface area contributed by atoms with Crippen LogP contribution in [0, 0.1) is 0 Å². The van der Waals surface area contributed by atoms with Crippen molar-refractivity contribution in [2.45, 2.75) is 39.0 Å². The molecule has 0 rings (SSSR count). The van der Waals surface area contributed by atoms with Crippen molar-refractivity contribution >= 4 is 9.84 Å². The van der Waals surface area contributed by atoms with Gasteiger partial charge in [0.15, 0.2) is 0 Å². The lowest BCUT2D eigenvalue weighted by Gasteiger charge is -2.17. The van der Waals surface area contributed by atoms with Crippen LogP contribution in [0.1, 0.15) is 20.8 Å². The van der Waals surface area contributed by atoms with Gasteiger partial charge in [-0.1, -0.05) is 0 Å². The molecule has 2 N–H and O–H groups in total. The Morgan fingerprint density at radius 1 is 1.31 bits per heavy atom. The van der Waals surface area contributed by atoms with Crippen molar-refractivity contribution in [1.82, 2.24) is 5.32 Å². The first-order valence-electron chi connectivity index (χ1n) is 5.41. The zero-order valence-corrected chi connectivity index (χ0v) is 11.3. The van der Waals surface area contributed by atoms with Gasteiger partial charge in [-0.2, -0.15) is 0 Å². The van der Waals surface area contributed by atoms with Crippen LogP contribution >= 0.6 is 0 Å². The Morgan fingerprint density at radius 2 is 1.88 bits per heavy atom. The Kier molecular flexibility index (Phi) is 7.14. The molecule has 98 valence electrons. The molecule has 0 aliphatic rings. The minimum absolute atomic E-state index is 0.0742. The van der Waals surface area contributed by atoms with E-state index in [0.29, 0.717) is 6.54 Å². The van der Waals surface area contributed by atoms with E-state index in [1.165, 1.54) is 6.26 Å². The molecule has 2 unspecified atom stereocenters. The molecule has 0 aromatic rings. The van der Waals surface area contributed by atoms with Gasteiger partial charge in [0, 0.05) is 18.8 Å². The van der Waals surface area contributed by atoms with Gasteiger partial charge in [0.2, 0.25) is 0 Å². The fourth-order valence-corrected chi connectivity index (χ4v) is 2.24. The van der Waals surface area contributed by atoms with Crippen molar-refractivity contribution in [3.8, 4) is 0 Å². The molecule has 0 aliphatic carbocycles. The summed E-state index contributed by atoms with van der Waals surface area (Å²) in [4.78, 5) is 0. The van der Waals surface area contributed by atoms with E-state index in [1.54, 1.807) is 6.92 Å². The number of rotatable bonds is 8. The maximum absolute atomic E-state index is 11.0. The van der Waals surface area contributed by atoms with Crippen LogP contribution in [-0.2, 0) is 14.6 Å². The highest BCUT2D eigenvalue weighted by Crippen LogP contribution is 1.93. The molecule has 0 heterocycles. The molecule has 0 saturated carbocycles. The van der Waals surface area contributed by atoms with Crippen LogP contribution in [0.4, 0.5) is 0 Å². The summed E-state index contributed by atoms with van der Waals surface area (Å²) in [5.41, 5.74) is 0. The van der Waals surface area contributed by atoms with E-state index in [1.807, 2.05) is 13.8 Å². The molecule has 5 nitrogen and oxygen atoms in total. The normalized spacial score (nSPS) is 16.4. The number of sulfone groups is 1. The van der Waals surface area contributed by atoms with Gasteiger partial charge in [-0.25, -0.2) is 8.42 Å². The minimum Gasteiger partial charge on any atom is -0.389 e. The third-order valence-electron chi connectivity index (χ3n) is 1.88. The van der Waals surface area contributed by atoms with Gasteiger partial charge in [-0.15, -0.1) is 0 Å². The van der Waals surface area contributed by atoms with Gasteiger partial charge in [0.1, 0.15) is 9.84 Å². The molecular formula is C10H23NO4S. The average Bonchev–Trinajstić information content (AvgIpc) is 2.08. The second-order valence-corrected chi connectivity index (χ2v) is 6.62. The summed E-state index contributed by atoms with van der Waals surface area (Å²) in [5.74, 6) is 0.0742. The SMILES string of the molecule is CC(CS(C)(=O)=O)NCC(O)COC(C)C. The van der Waals surface area contributed by atoms with Gasteiger partial charge in [-0.05, 0) is 20.8 Å². The highest BCUT2D eigenvalue weighted by atomic mass is 32.2. The number of nitrogens with one attached hydrogen (secondary N) is 1. The van der Waals surface area contributed by atoms with Gasteiger partial charge in [0.05, 0.1) is 24.6 Å². The fraction of sp³-hybridized carbons (Fsp3) is 1.00. The van der Waals surface area contributed by atoms with Crippen molar-refractivity contribution in [2.75, 3.05) is 25.2 Å². The molecule has 0 bridgehead atoms. The molecule has 16 heavy (non-hydrogen) atoms. The summed E-state index contributed by atoms with van der Waals surface area (Å²) in [5, 5.41) is 12.5. The Labute approximate surface area is 98.1 Å². The maximum atomic E-state index is 11.0. The van der Waals surface area contributed by atoms with Crippen LogP contribution in [0.3, 0.4) is 0 Å². The zero-order valence-electron chi connectivity index (χ0n) is 10.4. The lowest BCUT2D eigenvalue weighted by atomic mass is 10.3. The summed E-state index contributed by atoms with van der Waals surface area (Å²) in [6, 6.07) is -0.163. The summed E-state index contributed by atoms with van der Waals surface area (Å²) in [6.07, 6.45) is 0.677. The topological polar surface area (TPSA) is 75.6 Å². The van der Waals surface area contributed by atoms with Crippen molar-refractivity contribution in [2.24, 2.45) is 0 Å². The molecule has 0 radical (unpaired) electrons. The van der Waals surface area contributed by atoms with E-state index in [2.05, 4.69) is 5.32 Å². The van der Waals surface area contributed by atoms with Crippen LogP contribution in [0.25, 0.3) is 0 Å². The molecule has 0 aliphatic heterocycles. The first kappa shape index (κ1) is 15.8. The average molecular weight is 253 g/mol. The predicted octanol–water partition coefficient (Wildman–Crippen LogP) is -0.205. The predicted molar refractivity (Wildman–Crippen MR) is 64.3 cm³/mol. The fourth-order valence-electron chi connectivity index (χ4n) is 1.21. The first-order valence-corrected chi connectivity index (χ1v) is 7.47. The molecule has 6 heteroatoms. The molecule has 0 saturated heterocycles. The molecule has 2 atom stereocenters. The van der Waals surface area contributed by atoms with Crippen LogP contribution in [-0.4, -0.2) is 56.9 Å². The molecule has 0 aromatic heterocycles. The number of hydrogen-bond donors (Lipinski definition) is 2. The van der Waals surface area contributed by atoms with E-state index in [9.17, 15) is 13.5 Å². The monoisotopic (exact) mass is 253 g/mol. The van der Waals surface area contributed by atoms with Crippen molar-refractivity contribution < 1.29 is 18.3 Å². The van der Waals surface area contributed by atoms with Crippen molar-refractivity contribution in [3.63, 3.8) is 0 Å². The molecule has 0 fully saturated rings. The first-order chi connectivity index (χ1) is 7.20. The van der Waals surface area contributed by atoms with Gasteiger partial charge in [0.25, 0.3) is 0 Å². The van der Waals surface area contributed by atoms with E-state index < -0.39 is 15.9 Å². The Hall–Kier alpha value is -0.170. The standard InChI is InChI=1S/C10H23NO4S/c1-8(2)15-6-10(12)5-11-9(3)7-16(4,13)14/h8-12H,5-7H2,1-4H3. The van der Waals surface area contributed by atoms with Gasteiger partial charge < -0.3 is 15.2 Å². The molecule has 0 aromatic carbocycles. The third-order valence-corrected chi connectivity index (χ3v) is 2.98. The second kappa shape index (κ2) is 7.21. The van der Waals surface area contributed by atoms with E-state index in [-0.39, 0.29) is 24.5 Å². The third kappa shape index (κ3) is 10.4. The molecular weight excluding hydrogens is 230 g/mol. The second-order valence-electron chi connectivity index (χ2n) is 4.44. The number of ether oxygens (including phenoxy) is 1. The maximum Gasteiger partial charge on any atom is 0.148 e. The number of aliphatic hydroxyl groups excluding tert-OH is 1. The zero-order chi connectivity index (χ0) is 12.8. The Balaban J connectivity index is 3.71. The highest BCUT2D eigenvalue weighted by Gasteiger charge is 2.12. The van der Waals surface area contributed by atoms with Gasteiger partial charge in [-0.3, -0.25) is 0 Å². The summed E-state index contributed by atoms with van der Waals surface area (Å²) in [7, 11) is -2.97. The molecule has 0 spiro atoms. The van der Waals surface area contributed by atoms with E-state index in [0.717, 1.165) is 0 Å². The Bertz CT molecular complexity index is 277. The van der Waals surface area contributed by atoms with Crippen molar-refractivity contribution in [1.29, 1.82) is 0 Å². The summed E-state index contributed by atoms with van der Waals surface area (Å²) >= 11 is 0. The van der Waals surface area contributed by atoms with Crippen LogP contribution in [0.2, 0.25) is 0 Å². The molecule has 0 amide bonds. The number of aliphatic hydroxyl groups is 1. The summed E-state index contributed by atoms with van der Waals surface area (Å²) < 4.78 is 27.2. The summed E-state index contributed by atoms with van der Waals surface area (Å²) in [6.45, 7) is 6.16. The van der Waals surface area contributed by atoms with Crippen LogP contribution in [0.15, 0.2) is 0 Å². The van der Waals surface area contributed by atoms with Gasteiger partial charge >= 0.3 is 0 Å². The Morgan fingerprint density at radius 3 is 2.31 bits per heavy atom. The van der Waals surface area contributed by atoms with Crippen LogP contribution in [0.5, 0.6) is 0 Å².